The van der Waals surface area contributed by atoms with Gasteiger partial charge in [0.2, 0.25) is 0 Å². The highest BCUT2D eigenvalue weighted by Crippen LogP contribution is 2.11. The second-order valence-corrected chi connectivity index (χ2v) is 5.54. The van der Waals surface area contributed by atoms with Crippen molar-refractivity contribution in [1.29, 1.82) is 0 Å². The standard InChI is InChI=1S/C8H20O4Si.C2H8OSi/c1-5-9-13(10-6-2,11-7-3)12-8-4;1-2-3-4/h5-8H2,1-4H3;2H2,1,4H3. The summed E-state index contributed by atoms with van der Waals surface area (Å²) in [4.78, 5) is 0. The molecule has 0 aliphatic heterocycles. The lowest BCUT2D eigenvalue weighted by atomic mass is 10.9. The van der Waals surface area contributed by atoms with Gasteiger partial charge in [-0.05, 0) is 34.6 Å². The number of hydrogen-bond donors (Lipinski definition) is 0. The van der Waals surface area contributed by atoms with E-state index in [0.29, 0.717) is 26.4 Å². The van der Waals surface area contributed by atoms with Crippen molar-refractivity contribution in [2.24, 2.45) is 0 Å². The molecule has 0 N–H and O–H groups in total. The largest absolute Gasteiger partial charge is 0.679 e. The molecule has 0 saturated carbocycles. The average molecular weight is 285 g/mol. The molecule has 17 heavy (non-hydrogen) atoms. The van der Waals surface area contributed by atoms with Crippen LogP contribution in [0.3, 0.4) is 0 Å². The zero-order valence-corrected chi connectivity index (χ0v) is 15.1. The van der Waals surface area contributed by atoms with E-state index in [4.69, 9.17) is 17.7 Å². The molecular weight excluding hydrogens is 256 g/mol. The summed E-state index contributed by atoms with van der Waals surface area (Å²) in [7, 11) is -1.91. The topological polar surface area (TPSA) is 46.2 Å². The first-order chi connectivity index (χ1) is 8.16. The smallest absolute Gasteiger partial charge is 0.428 e. The molecule has 0 aromatic rings. The third-order valence-electron chi connectivity index (χ3n) is 1.57. The fourth-order valence-electron chi connectivity index (χ4n) is 0.957. The molecule has 0 aromatic heterocycles. The van der Waals surface area contributed by atoms with Crippen molar-refractivity contribution in [3.63, 3.8) is 0 Å². The Kier molecular flexibility index (Phi) is 16.5. The van der Waals surface area contributed by atoms with Crippen LogP contribution in [0.1, 0.15) is 34.6 Å². The minimum atomic E-state index is -2.80. The lowest BCUT2D eigenvalue weighted by Crippen LogP contribution is -2.49. The monoisotopic (exact) mass is 284 g/mol. The van der Waals surface area contributed by atoms with E-state index < -0.39 is 9.05 Å². The highest BCUT2D eigenvalue weighted by Gasteiger charge is 2.44. The van der Waals surface area contributed by atoms with Gasteiger partial charge in [0.05, 0.1) is 0 Å². The zero-order chi connectivity index (χ0) is 13.6. The summed E-state index contributed by atoms with van der Waals surface area (Å²) < 4.78 is 26.4. The van der Waals surface area contributed by atoms with Crippen LogP contribution in [0.2, 0.25) is 0 Å². The highest BCUT2D eigenvalue weighted by molar-refractivity contribution is 6.53. The van der Waals surface area contributed by atoms with E-state index in [1.54, 1.807) is 0 Å². The van der Waals surface area contributed by atoms with Gasteiger partial charge in [-0.25, -0.2) is 0 Å². The Balaban J connectivity index is 0. The molecule has 0 fully saturated rings. The maximum Gasteiger partial charge on any atom is 0.679 e. The van der Waals surface area contributed by atoms with E-state index in [9.17, 15) is 0 Å². The molecule has 7 heteroatoms. The van der Waals surface area contributed by atoms with Gasteiger partial charge in [0.1, 0.15) is 10.5 Å². The van der Waals surface area contributed by atoms with Gasteiger partial charge in [-0.1, -0.05) is 0 Å². The molecule has 0 aromatic carbocycles. The molecule has 0 spiro atoms. The third-order valence-corrected chi connectivity index (χ3v) is 4.72. The molecule has 0 bridgehead atoms. The first-order valence-corrected chi connectivity index (χ1v) is 8.65. The Hall–Kier alpha value is 0.234. The predicted octanol–water partition coefficient (Wildman–Crippen LogP) is 0.871. The van der Waals surface area contributed by atoms with Crippen LogP contribution in [0.15, 0.2) is 0 Å². The van der Waals surface area contributed by atoms with Crippen molar-refractivity contribution in [3.05, 3.63) is 0 Å². The van der Waals surface area contributed by atoms with Crippen molar-refractivity contribution in [1.82, 2.24) is 0 Å². The summed E-state index contributed by atoms with van der Waals surface area (Å²) in [5.41, 5.74) is 0. The van der Waals surface area contributed by atoms with Crippen LogP contribution in [-0.4, -0.2) is 52.6 Å². The molecule has 106 valence electrons. The minimum Gasteiger partial charge on any atom is -0.428 e. The van der Waals surface area contributed by atoms with Crippen LogP contribution in [0.4, 0.5) is 0 Å². The van der Waals surface area contributed by atoms with Gasteiger partial charge in [0.25, 0.3) is 0 Å². The van der Waals surface area contributed by atoms with Gasteiger partial charge in [0.15, 0.2) is 0 Å². The second-order valence-electron chi connectivity index (χ2n) is 2.81. The quantitative estimate of drug-likeness (QED) is 0.588. The van der Waals surface area contributed by atoms with Crippen molar-refractivity contribution in [2.75, 3.05) is 33.0 Å². The third kappa shape index (κ3) is 11.1. The first-order valence-electron chi connectivity index (χ1n) is 6.20. The normalized spacial score (nSPS) is 11.1. The Morgan fingerprint density at radius 3 is 1.00 bits per heavy atom. The SMILES string of the molecule is CCO[SiH3].CCO[Si](OCC)(OCC)OCC. The molecule has 0 aliphatic rings. The van der Waals surface area contributed by atoms with Gasteiger partial charge in [0, 0.05) is 33.0 Å². The van der Waals surface area contributed by atoms with E-state index in [-0.39, 0.29) is 0 Å². The van der Waals surface area contributed by atoms with Gasteiger partial charge in [-0.15, -0.1) is 0 Å². The van der Waals surface area contributed by atoms with Crippen LogP contribution >= 0.6 is 0 Å². The molecule has 0 aliphatic carbocycles. The van der Waals surface area contributed by atoms with Gasteiger partial charge in [-0.2, -0.15) is 0 Å². The Bertz CT molecular complexity index is 117. The van der Waals surface area contributed by atoms with Crippen LogP contribution in [0.5, 0.6) is 0 Å². The highest BCUT2D eigenvalue weighted by atomic mass is 28.4. The van der Waals surface area contributed by atoms with Crippen LogP contribution in [0.25, 0.3) is 0 Å². The molecule has 0 heterocycles. The molecule has 0 unspecified atom stereocenters. The van der Waals surface area contributed by atoms with E-state index in [1.165, 1.54) is 0 Å². The second kappa shape index (κ2) is 14.3. The maximum absolute atomic E-state index is 5.42. The van der Waals surface area contributed by atoms with Crippen molar-refractivity contribution >= 4 is 19.5 Å². The number of hydrogen-bond acceptors (Lipinski definition) is 5. The predicted molar refractivity (Wildman–Crippen MR) is 73.8 cm³/mol. The fourth-order valence-corrected chi connectivity index (χ4v) is 2.87. The molecule has 0 amide bonds. The molecule has 0 atom stereocenters. The minimum absolute atomic E-state index is 0.548. The zero-order valence-electron chi connectivity index (χ0n) is 12.1. The summed E-state index contributed by atoms with van der Waals surface area (Å²) in [6, 6.07) is 0. The van der Waals surface area contributed by atoms with E-state index in [0.717, 1.165) is 17.1 Å². The van der Waals surface area contributed by atoms with Crippen LogP contribution in [0, 0.1) is 0 Å². The Morgan fingerprint density at radius 1 is 0.647 bits per heavy atom. The summed E-state index contributed by atoms with van der Waals surface area (Å²) in [6.07, 6.45) is 0. The summed E-state index contributed by atoms with van der Waals surface area (Å²) in [6.45, 7) is 12.7. The Morgan fingerprint density at radius 2 is 0.882 bits per heavy atom. The lowest BCUT2D eigenvalue weighted by molar-refractivity contribution is -0.0247. The van der Waals surface area contributed by atoms with E-state index >= 15 is 0 Å². The van der Waals surface area contributed by atoms with E-state index in [2.05, 4.69) is 4.43 Å². The van der Waals surface area contributed by atoms with Gasteiger partial charge >= 0.3 is 9.05 Å². The molecule has 0 rings (SSSR count). The lowest BCUT2D eigenvalue weighted by Gasteiger charge is -2.26. The summed E-state index contributed by atoms with van der Waals surface area (Å²) in [5.74, 6) is 0. The Labute approximate surface area is 110 Å². The molecule has 5 nitrogen and oxygen atoms in total. The maximum atomic E-state index is 5.42. The molecule has 0 radical (unpaired) electrons. The molecule has 0 saturated heterocycles. The van der Waals surface area contributed by atoms with E-state index in [1.807, 2.05) is 34.6 Å². The van der Waals surface area contributed by atoms with Crippen LogP contribution in [-0.2, 0) is 22.1 Å². The fraction of sp³-hybridized carbons (Fsp3) is 1.00. The van der Waals surface area contributed by atoms with Gasteiger partial charge < -0.3 is 22.1 Å². The first kappa shape index (κ1) is 19.6. The van der Waals surface area contributed by atoms with Crippen LogP contribution < -0.4 is 0 Å². The summed E-state index contributed by atoms with van der Waals surface area (Å²) in [5, 5.41) is 0. The summed E-state index contributed by atoms with van der Waals surface area (Å²) >= 11 is 0. The van der Waals surface area contributed by atoms with Crippen molar-refractivity contribution < 1.29 is 22.1 Å². The van der Waals surface area contributed by atoms with Gasteiger partial charge in [-0.3, -0.25) is 0 Å². The number of rotatable bonds is 9. The average Bonchev–Trinajstić information content (AvgIpc) is 2.31. The van der Waals surface area contributed by atoms with Crippen molar-refractivity contribution in [2.45, 2.75) is 34.6 Å². The molecular formula is C10H28O5Si2. The van der Waals surface area contributed by atoms with Crippen molar-refractivity contribution in [3.8, 4) is 0 Å².